The first-order valence-corrected chi connectivity index (χ1v) is 5.62. The molecule has 0 saturated carbocycles. The Kier molecular flexibility index (Phi) is 3.93. The molecule has 16 heavy (non-hydrogen) atoms. The molecular formula is C13H20N2O. The molecule has 0 aliphatic carbocycles. The van der Waals surface area contributed by atoms with Gasteiger partial charge in [-0.3, -0.25) is 4.79 Å². The van der Waals surface area contributed by atoms with E-state index in [2.05, 4.69) is 19.2 Å². The molecule has 0 spiro atoms. The molecular weight excluding hydrogens is 200 g/mol. The number of nitrogens with one attached hydrogen (secondary N) is 1. The van der Waals surface area contributed by atoms with Gasteiger partial charge in [0.25, 0.3) is 5.91 Å². The van der Waals surface area contributed by atoms with Gasteiger partial charge in [-0.05, 0) is 43.5 Å². The summed E-state index contributed by atoms with van der Waals surface area (Å²) in [4.78, 5) is 11.8. The quantitative estimate of drug-likeness (QED) is 0.769. The highest BCUT2D eigenvalue weighted by Crippen LogP contribution is 2.22. The predicted molar refractivity (Wildman–Crippen MR) is 67.5 cm³/mol. The Hall–Kier alpha value is -1.51. The van der Waals surface area contributed by atoms with Crippen molar-refractivity contribution in [3.63, 3.8) is 0 Å². The minimum Gasteiger partial charge on any atom is -0.398 e. The zero-order chi connectivity index (χ0) is 12.3. The number of benzene rings is 1. The summed E-state index contributed by atoms with van der Waals surface area (Å²) in [7, 11) is 0. The Morgan fingerprint density at radius 2 is 1.88 bits per heavy atom. The van der Waals surface area contributed by atoms with E-state index >= 15 is 0 Å². The largest absolute Gasteiger partial charge is 0.398 e. The Labute approximate surface area is 97.0 Å². The number of hydrogen-bond acceptors (Lipinski definition) is 2. The van der Waals surface area contributed by atoms with Crippen LogP contribution in [0.1, 0.15) is 49.5 Å². The van der Waals surface area contributed by atoms with Crippen molar-refractivity contribution in [2.24, 2.45) is 0 Å². The maximum atomic E-state index is 11.8. The van der Waals surface area contributed by atoms with Crippen molar-refractivity contribution in [2.45, 2.75) is 39.7 Å². The van der Waals surface area contributed by atoms with Crippen LogP contribution < -0.4 is 11.1 Å². The average Bonchev–Trinajstić information content (AvgIpc) is 2.16. The smallest absolute Gasteiger partial charge is 0.251 e. The minimum absolute atomic E-state index is 0.0445. The van der Waals surface area contributed by atoms with Crippen molar-refractivity contribution in [3.05, 3.63) is 29.3 Å². The van der Waals surface area contributed by atoms with Crippen LogP contribution in [0.15, 0.2) is 18.2 Å². The van der Waals surface area contributed by atoms with Gasteiger partial charge in [-0.25, -0.2) is 0 Å². The van der Waals surface area contributed by atoms with Crippen LogP contribution in [-0.2, 0) is 0 Å². The Bertz CT molecular complexity index is 384. The third-order valence-electron chi connectivity index (χ3n) is 2.39. The van der Waals surface area contributed by atoms with Gasteiger partial charge in [0, 0.05) is 17.3 Å². The van der Waals surface area contributed by atoms with Gasteiger partial charge >= 0.3 is 0 Å². The maximum Gasteiger partial charge on any atom is 0.251 e. The SMILES string of the molecule is CC(C)NC(=O)c1ccc(N)c(C(C)C)c1. The van der Waals surface area contributed by atoms with E-state index in [1.165, 1.54) is 0 Å². The molecule has 0 bridgehead atoms. The van der Waals surface area contributed by atoms with E-state index in [1.54, 1.807) is 12.1 Å². The van der Waals surface area contributed by atoms with Crippen LogP contribution in [0.5, 0.6) is 0 Å². The molecule has 88 valence electrons. The van der Waals surface area contributed by atoms with Crippen LogP contribution >= 0.6 is 0 Å². The van der Waals surface area contributed by atoms with Crippen molar-refractivity contribution in [1.29, 1.82) is 0 Å². The van der Waals surface area contributed by atoms with E-state index in [0.29, 0.717) is 11.5 Å². The normalized spacial score (nSPS) is 10.9. The molecule has 0 saturated heterocycles. The van der Waals surface area contributed by atoms with Crippen molar-refractivity contribution in [2.75, 3.05) is 5.73 Å². The fourth-order valence-electron chi connectivity index (χ4n) is 1.56. The lowest BCUT2D eigenvalue weighted by atomic mass is 9.98. The number of anilines is 1. The summed E-state index contributed by atoms with van der Waals surface area (Å²) in [6, 6.07) is 5.58. The van der Waals surface area contributed by atoms with E-state index in [0.717, 1.165) is 11.3 Å². The monoisotopic (exact) mass is 220 g/mol. The fraction of sp³-hybridized carbons (Fsp3) is 0.462. The fourth-order valence-corrected chi connectivity index (χ4v) is 1.56. The van der Waals surface area contributed by atoms with Gasteiger partial charge in [-0.1, -0.05) is 13.8 Å². The van der Waals surface area contributed by atoms with Crippen LogP contribution in [-0.4, -0.2) is 11.9 Å². The summed E-state index contributed by atoms with van der Waals surface area (Å²) in [5.74, 6) is 0.281. The van der Waals surface area contributed by atoms with Gasteiger partial charge in [0.1, 0.15) is 0 Å². The molecule has 1 aromatic carbocycles. The van der Waals surface area contributed by atoms with Gasteiger partial charge in [0.15, 0.2) is 0 Å². The second-order valence-corrected chi connectivity index (χ2v) is 4.63. The molecule has 1 rings (SSSR count). The Morgan fingerprint density at radius 1 is 1.25 bits per heavy atom. The summed E-state index contributed by atoms with van der Waals surface area (Å²) in [5, 5.41) is 2.86. The number of amides is 1. The first-order chi connectivity index (χ1) is 7.41. The third kappa shape index (κ3) is 2.99. The average molecular weight is 220 g/mol. The Balaban J connectivity index is 2.98. The molecule has 0 unspecified atom stereocenters. The van der Waals surface area contributed by atoms with Crippen LogP contribution in [0.3, 0.4) is 0 Å². The molecule has 0 heterocycles. The molecule has 3 heteroatoms. The maximum absolute atomic E-state index is 11.8. The van der Waals surface area contributed by atoms with Crippen LogP contribution in [0, 0.1) is 0 Å². The van der Waals surface area contributed by atoms with E-state index in [-0.39, 0.29) is 11.9 Å². The molecule has 1 aromatic rings. The van der Waals surface area contributed by atoms with Gasteiger partial charge in [-0.2, -0.15) is 0 Å². The predicted octanol–water partition coefficient (Wildman–Crippen LogP) is 2.53. The number of nitrogens with two attached hydrogens (primary N) is 1. The second kappa shape index (κ2) is 5.01. The van der Waals surface area contributed by atoms with Crippen molar-refractivity contribution >= 4 is 11.6 Å². The van der Waals surface area contributed by atoms with Gasteiger partial charge in [0.2, 0.25) is 0 Å². The van der Waals surface area contributed by atoms with E-state index < -0.39 is 0 Å². The summed E-state index contributed by atoms with van der Waals surface area (Å²) in [5.41, 5.74) is 8.30. The molecule has 3 N–H and O–H groups in total. The second-order valence-electron chi connectivity index (χ2n) is 4.63. The van der Waals surface area contributed by atoms with Gasteiger partial charge in [-0.15, -0.1) is 0 Å². The molecule has 0 radical (unpaired) electrons. The zero-order valence-electron chi connectivity index (χ0n) is 10.4. The first kappa shape index (κ1) is 12.6. The first-order valence-electron chi connectivity index (χ1n) is 5.62. The zero-order valence-corrected chi connectivity index (χ0v) is 10.4. The number of rotatable bonds is 3. The van der Waals surface area contributed by atoms with Crippen LogP contribution in [0.4, 0.5) is 5.69 Å². The van der Waals surface area contributed by atoms with Crippen LogP contribution in [0.2, 0.25) is 0 Å². The van der Waals surface area contributed by atoms with Gasteiger partial charge in [0.05, 0.1) is 0 Å². The molecule has 3 nitrogen and oxygen atoms in total. The van der Waals surface area contributed by atoms with Crippen molar-refractivity contribution in [1.82, 2.24) is 5.32 Å². The lowest BCUT2D eigenvalue weighted by molar-refractivity contribution is 0.0943. The molecule has 1 amide bonds. The third-order valence-corrected chi connectivity index (χ3v) is 2.39. The molecule has 0 fully saturated rings. The number of nitrogen functional groups attached to an aromatic ring is 1. The van der Waals surface area contributed by atoms with Crippen molar-refractivity contribution in [3.8, 4) is 0 Å². The standard InChI is InChI=1S/C13H20N2O/c1-8(2)11-7-10(5-6-12(11)14)13(16)15-9(3)4/h5-9H,14H2,1-4H3,(H,15,16). The molecule has 0 aliphatic heterocycles. The minimum atomic E-state index is -0.0445. The highest BCUT2D eigenvalue weighted by atomic mass is 16.1. The molecule has 0 atom stereocenters. The summed E-state index contributed by atoms with van der Waals surface area (Å²) in [6.45, 7) is 8.02. The topological polar surface area (TPSA) is 55.1 Å². The van der Waals surface area contributed by atoms with E-state index in [4.69, 9.17) is 5.73 Å². The number of carbonyl (C=O) groups is 1. The van der Waals surface area contributed by atoms with Crippen molar-refractivity contribution < 1.29 is 4.79 Å². The van der Waals surface area contributed by atoms with Gasteiger partial charge < -0.3 is 11.1 Å². The number of hydrogen-bond donors (Lipinski definition) is 2. The summed E-state index contributed by atoms with van der Waals surface area (Å²) < 4.78 is 0. The molecule has 0 aliphatic rings. The highest BCUT2D eigenvalue weighted by molar-refractivity contribution is 5.95. The molecule has 0 aromatic heterocycles. The summed E-state index contributed by atoms with van der Waals surface area (Å²) >= 11 is 0. The van der Waals surface area contributed by atoms with E-state index in [1.807, 2.05) is 19.9 Å². The lowest BCUT2D eigenvalue weighted by Crippen LogP contribution is -2.30. The van der Waals surface area contributed by atoms with Crippen LogP contribution in [0.25, 0.3) is 0 Å². The Morgan fingerprint density at radius 3 is 2.38 bits per heavy atom. The lowest BCUT2D eigenvalue weighted by Gasteiger charge is -2.13. The number of carbonyl (C=O) groups excluding carboxylic acids is 1. The highest BCUT2D eigenvalue weighted by Gasteiger charge is 2.11. The summed E-state index contributed by atoms with van der Waals surface area (Å²) in [6.07, 6.45) is 0. The van der Waals surface area contributed by atoms with E-state index in [9.17, 15) is 4.79 Å².